The van der Waals surface area contributed by atoms with Crippen LogP contribution in [0.3, 0.4) is 0 Å². The molecule has 0 saturated heterocycles. The van der Waals surface area contributed by atoms with E-state index in [0.717, 1.165) is 24.1 Å². The van der Waals surface area contributed by atoms with Gasteiger partial charge in [-0.2, -0.15) is 0 Å². The van der Waals surface area contributed by atoms with Crippen LogP contribution < -0.4 is 15.8 Å². The molecule has 0 aliphatic heterocycles. The molecule has 0 bridgehead atoms. The van der Waals surface area contributed by atoms with Crippen LogP contribution in [0, 0.1) is 0 Å². The molecule has 22 heavy (non-hydrogen) atoms. The first-order valence-corrected chi connectivity index (χ1v) is 7.44. The van der Waals surface area contributed by atoms with E-state index in [1.54, 1.807) is 6.20 Å². The number of nitrogens with zero attached hydrogens (tertiary/aromatic N) is 2. The fourth-order valence-electron chi connectivity index (χ4n) is 1.88. The van der Waals surface area contributed by atoms with Crippen LogP contribution in [0.4, 0.5) is 0 Å². The Morgan fingerprint density at radius 3 is 2.82 bits per heavy atom. The first-order chi connectivity index (χ1) is 10.8. The Morgan fingerprint density at radius 1 is 1.23 bits per heavy atom. The van der Waals surface area contributed by atoms with Crippen LogP contribution in [0.15, 0.2) is 53.7 Å². The third kappa shape index (κ3) is 5.09. The molecular weight excluding hydrogens is 276 g/mol. The van der Waals surface area contributed by atoms with E-state index in [0.29, 0.717) is 25.0 Å². The molecule has 1 aromatic carbocycles. The summed E-state index contributed by atoms with van der Waals surface area (Å²) in [4.78, 5) is 8.59. The van der Waals surface area contributed by atoms with E-state index in [-0.39, 0.29) is 0 Å². The van der Waals surface area contributed by atoms with Crippen molar-refractivity contribution in [2.45, 2.75) is 26.5 Å². The molecule has 5 nitrogen and oxygen atoms in total. The summed E-state index contributed by atoms with van der Waals surface area (Å²) >= 11 is 0. The number of nitrogens with two attached hydrogens (primary N) is 1. The first-order valence-electron chi connectivity index (χ1n) is 7.44. The van der Waals surface area contributed by atoms with Gasteiger partial charge in [0.25, 0.3) is 0 Å². The Hall–Kier alpha value is -2.56. The molecule has 0 saturated carbocycles. The first kappa shape index (κ1) is 15.8. The number of aromatic nitrogens is 1. The van der Waals surface area contributed by atoms with Crippen molar-refractivity contribution in [3.05, 3.63) is 59.8 Å². The maximum atomic E-state index is 5.80. The van der Waals surface area contributed by atoms with Gasteiger partial charge in [0.05, 0.1) is 6.54 Å². The van der Waals surface area contributed by atoms with Crippen LogP contribution in [0.2, 0.25) is 0 Å². The molecule has 116 valence electrons. The molecule has 0 atom stereocenters. The van der Waals surface area contributed by atoms with E-state index in [1.165, 1.54) is 0 Å². The predicted octanol–water partition coefficient (Wildman–Crippen LogP) is 2.47. The van der Waals surface area contributed by atoms with E-state index >= 15 is 0 Å². The zero-order valence-electron chi connectivity index (χ0n) is 12.8. The number of nitrogens with one attached hydrogen (secondary N) is 1. The van der Waals surface area contributed by atoms with Gasteiger partial charge in [-0.15, -0.1) is 0 Å². The summed E-state index contributed by atoms with van der Waals surface area (Å²) in [6.45, 7) is 3.83. The summed E-state index contributed by atoms with van der Waals surface area (Å²) in [6.07, 6.45) is 2.72. The average Bonchev–Trinajstić information content (AvgIpc) is 2.58. The molecule has 1 aromatic heterocycles. The Bertz CT molecular complexity index is 599. The van der Waals surface area contributed by atoms with Gasteiger partial charge in [-0.1, -0.05) is 43.3 Å². The van der Waals surface area contributed by atoms with E-state index < -0.39 is 0 Å². The van der Waals surface area contributed by atoms with Crippen molar-refractivity contribution in [2.75, 3.05) is 6.54 Å². The van der Waals surface area contributed by atoms with Crippen LogP contribution in [0.25, 0.3) is 0 Å². The molecule has 1 heterocycles. The number of pyridine rings is 1. The van der Waals surface area contributed by atoms with Crippen molar-refractivity contribution >= 4 is 5.96 Å². The molecule has 2 rings (SSSR count). The second-order valence-electron chi connectivity index (χ2n) is 4.87. The Balaban J connectivity index is 1.97. The Morgan fingerprint density at radius 2 is 2.05 bits per heavy atom. The monoisotopic (exact) mass is 298 g/mol. The summed E-state index contributed by atoms with van der Waals surface area (Å²) in [5, 5.41) is 3.05. The molecule has 0 aliphatic rings. The van der Waals surface area contributed by atoms with Crippen LogP contribution >= 0.6 is 0 Å². The predicted molar refractivity (Wildman–Crippen MR) is 88.6 cm³/mol. The normalized spacial score (nSPS) is 11.2. The molecular formula is C17H22N4O. The minimum absolute atomic E-state index is 0.444. The number of ether oxygens (including phenoxy) is 1. The van der Waals surface area contributed by atoms with Crippen LogP contribution in [-0.4, -0.2) is 17.5 Å². The van der Waals surface area contributed by atoms with Crippen molar-refractivity contribution in [1.82, 2.24) is 10.3 Å². The number of hydrogen-bond donors (Lipinski definition) is 2. The smallest absolute Gasteiger partial charge is 0.218 e. The average molecular weight is 298 g/mol. The lowest BCUT2D eigenvalue weighted by atomic mass is 10.2. The molecule has 0 aliphatic carbocycles. The van der Waals surface area contributed by atoms with Gasteiger partial charge in [-0.05, 0) is 18.1 Å². The minimum atomic E-state index is 0.444. The Kier molecular flexibility index (Phi) is 6.23. The highest BCUT2D eigenvalue weighted by Crippen LogP contribution is 2.17. The van der Waals surface area contributed by atoms with Crippen LogP contribution in [-0.2, 0) is 13.2 Å². The van der Waals surface area contributed by atoms with Gasteiger partial charge in [0.1, 0.15) is 6.61 Å². The second kappa shape index (κ2) is 8.67. The summed E-state index contributed by atoms with van der Waals surface area (Å²) < 4.78 is 5.80. The lowest BCUT2D eigenvalue weighted by molar-refractivity contribution is 0.290. The van der Waals surface area contributed by atoms with Crippen molar-refractivity contribution < 1.29 is 4.74 Å². The summed E-state index contributed by atoms with van der Waals surface area (Å²) in [7, 11) is 0. The summed E-state index contributed by atoms with van der Waals surface area (Å²) in [5.41, 5.74) is 7.82. The zero-order valence-corrected chi connectivity index (χ0v) is 12.8. The highest BCUT2D eigenvalue weighted by molar-refractivity contribution is 5.77. The molecule has 0 radical (unpaired) electrons. The third-order valence-corrected chi connectivity index (χ3v) is 3.04. The lowest BCUT2D eigenvalue weighted by Crippen LogP contribution is -2.32. The number of aliphatic imine (C=N–C) groups is 1. The number of hydrogen-bond acceptors (Lipinski definition) is 3. The third-order valence-electron chi connectivity index (χ3n) is 3.04. The van der Waals surface area contributed by atoms with Gasteiger partial charge < -0.3 is 15.8 Å². The molecule has 3 N–H and O–H groups in total. The number of benzene rings is 1. The largest absolute Gasteiger partial charge is 0.473 e. The highest BCUT2D eigenvalue weighted by atomic mass is 16.5. The van der Waals surface area contributed by atoms with E-state index in [9.17, 15) is 0 Å². The highest BCUT2D eigenvalue weighted by Gasteiger charge is 2.05. The quantitative estimate of drug-likeness (QED) is 0.608. The number of guanidine groups is 1. The molecule has 0 amide bonds. The van der Waals surface area contributed by atoms with Crippen molar-refractivity contribution in [1.29, 1.82) is 0 Å². The summed E-state index contributed by atoms with van der Waals surface area (Å²) in [6, 6.07) is 13.8. The summed E-state index contributed by atoms with van der Waals surface area (Å²) in [5.74, 6) is 1.04. The maximum Gasteiger partial charge on any atom is 0.218 e. The molecule has 0 fully saturated rings. The van der Waals surface area contributed by atoms with Gasteiger partial charge in [0.2, 0.25) is 5.88 Å². The van der Waals surface area contributed by atoms with Crippen molar-refractivity contribution in [2.24, 2.45) is 10.7 Å². The second-order valence-corrected chi connectivity index (χ2v) is 4.87. The SMILES string of the molecule is CCCNC(N)=NCc1cccnc1OCc1ccccc1. The molecule has 0 unspecified atom stereocenters. The van der Waals surface area contributed by atoms with Gasteiger partial charge >= 0.3 is 0 Å². The zero-order chi connectivity index (χ0) is 15.6. The van der Waals surface area contributed by atoms with E-state index in [1.807, 2.05) is 42.5 Å². The topological polar surface area (TPSA) is 72.5 Å². The number of rotatable bonds is 7. The molecule has 0 spiro atoms. The fraction of sp³-hybridized carbons (Fsp3) is 0.294. The fourth-order valence-corrected chi connectivity index (χ4v) is 1.88. The van der Waals surface area contributed by atoms with E-state index in [2.05, 4.69) is 22.2 Å². The van der Waals surface area contributed by atoms with E-state index in [4.69, 9.17) is 10.5 Å². The van der Waals surface area contributed by atoms with Gasteiger partial charge in [-0.25, -0.2) is 9.98 Å². The van der Waals surface area contributed by atoms with Crippen LogP contribution in [0.5, 0.6) is 5.88 Å². The molecule has 2 aromatic rings. The van der Waals surface area contributed by atoms with Gasteiger partial charge in [-0.3, -0.25) is 0 Å². The minimum Gasteiger partial charge on any atom is -0.473 e. The lowest BCUT2D eigenvalue weighted by Gasteiger charge is -2.09. The Labute approximate surface area is 131 Å². The van der Waals surface area contributed by atoms with Crippen LogP contribution in [0.1, 0.15) is 24.5 Å². The standard InChI is InChI=1S/C17H22N4O/c1-2-10-20-17(18)21-12-15-9-6-11-19-16(15)22-13-14-7-4-3-5-8-14/h3-9,11H,2,10,12-13H2,1H3,(H3,18,20,21). The molecule has 5 heteroatoms. The van der Waals surface area contributed by atoms with Gasteiger partial charge in [0.15, 0.2) is 5.96 Å². The van der Waals surface area contributed by atoms with Crippen molar-refractivity contribution in [3.63, 3.8) is 0 Å². The van der Waals surface area contributed by atoms with Gasteiger partial charge in [0, 0.05) is 18.3 Å². The van der Waals surface area contributed by atoms with Crippen molar-refractivity contribution in [3.8, 4) is 5.88 Å². The maximum absolute atomic E-state index is 5.80.